The summed E-state index contributed by atoms with van der Waals surface area (Å²) in [6.07, 6.45) is 0. The SMILES string of the molecule is Br.C[CH2][AlH2].Cl.Cl. The smallest absolute Gasteiger partial charge is 0.147 e. The molecule has 6 heavy (non-hydrogen) atoms. The molecule has 4 heteroatoms. The highest BCUT2D eigenvalue weighted by Crippen LogP contribution is 1.49. The Labute approximate surface area is 70.1 Å². The largest absolute Gasteiger partial charge is 0.211 e. The lowest BCUT2D eigenvalue weighted by Gasteiger charge is -1.44. The van der Waals surface area contributed by atoms with E-state index in [4.69, 9.17) is 0 Å². The summed E-state index contributed by atoms with van der Waals surface area (Å²) in [5.41, 5.74) is 0. The second-order valence-corrected chi connectivity index (χ2v) is 2.12. The van der Waals surface area contributed by atoms with Crippen LogP contribution in [0.15, 0.2) is 0 Å². The molecule has 0 spiro atoms. The van der Waals surface area contributed by atoms with Gasteiger partial charge in [0.1, 0.15) is 0 Å². The van der Waals surface area contributed by atoms with Crippen LogP contribution in [-0.2, 0) is 0 Å². The molecule has 0 heterocycles. The minimum atomic E-state index is 0. The van der Waals surface area contributed by atoms with Crippen LogP contribution in [0.5, 0.6) is 0 Å². The van der Waals surface area contributed by atoms with E-state index in [2.05, 4.69) is 6.92 Å². The fraction of sp³-hybridized carbons (Fsp3) is 1.00. The van der Waals surface area contributed by atoms with Crippen LogP contribution in [0.1, 0.15) is 6.92 Å². The molecule has 0 aromatic carbocycles. The fourth-order valence-corrected chi connectivity index (χ4v) is 0. The van der Waals surface area contributed by atoms with Gasteiger partial charge in [-0.15, -0.1) is 47.1 Å². The summed E-state index contributed by atoms with van der Waals surface area (Å²) in [5, 5.41) is 1.39. The summed E-state index contributed by atoms with van der Waals surface area (Å²) in [6, 6.07) is 0. The lowest BCUT2D eigenvalue weighted by Crippen LogP contribution is -1.41. The Kier molecular flexibility index (Phi) is 131. The predicted octanol–water partition coefficient (Wildman–Crippen LogP) is 1.48. The van der Waals surface area contributed by atoms with Crippen molar-refractivity contribution in [2.75, 3.05) is 0 Å². The van der Waals surface area contributed by atoms with Gasteiger partial charge in [0.2, 0.25) is 16.3 Å². The molecule has 42 valence electrons. The van der Waals surface area contributed by atoms with Crippen molar-refractivity contribution in [1.29, 1.82) is 0 Å². The normalized spacial score (nSPS) is 2.83. The first kappa shape index (κ1) is 25.6. The molecule has 0 saturated carbocycles. The van der Waals surface area contributed by atoms with Crippen LogP contribution in [0.2, 0.25) is 5.28 Å². The monoisotopic (exact) mass is 210 g/mol. The molecule has 0 nitrogen and oxygen atoms in total. The van der Waals surface area contributed by atoms with Gasteiger partial charge in [0.15, 0.2) is 0 Å². The Morgan fingerprint density at radius 2 is 1.33 bits per heavy atom. The third kappa shape index (κ3) is 46.5. The zero-order valence-electron chi connectivity index (χ0n) is 3.93. The van der Waals surface area contributed by atoms with E-state index < -0.39 is 0 Å². The molecule has 0 unspecified atom stereocenters. The highest BCUT2D eigenvalue weighted by molar-refractivity contribution is 8.93. The Morgan fingerprint density at radius 3 is 1.33 bits per heavy atom. The van der Waals surface area contributed by atoms with Gasteiger partial charge in [0.05, 0.1) is 0 Å². The number of rotatable bonds is 0. The molecular weight excluding hydrogens is 202 g/mol. The molecule has 0 bridgehead atoms. The van der Waals surface area contributed by atoms with Crippen molar-refractivity contribution >= 4 is 58.1 Å². The Bertz CT molecular complexity index is 11.5. The Morgan fingerprint density at radius 1 is 1.33 bits per heavy atom. The summed E-state index contributed by atoms with van der Waals surface area (Å²) < 4.78 is 0. The molecule has 0 aromatic rings. The van der Waals surface area contributed by atoms with Gasteiger partial charge in [-0.3, -0.25) is 0 Å². The van der Waals surface area contributed by atoms with E-state index in [9.17, 15) is 0 Å². The molecule has 0 aliphatic heterocycles. The summed E-state index contributed by atoms with van der Waals surface area (Å²) in [4.78, 5) is 0. The lowest BCUT2D eigenvalue weighted by molar-refractivity contribution is 1.48. The van der Waals surface area contributed by atoms with Crippen LogP contribution in [0, 0.1) is 0 Å². The first-order chi connectivity index (χ1) is 1.41. The standard InChI is InChI=1S/C2H5.Al.BrH.2ClH.2H/c1-2;;;;;;/h1H2,2H3;;3*1H;;. The van der Waals surface area contributed by atoms with Gasteiger partial charge in [-0.1, -0.05) is 6.92 Å². The van der Waals surface area contributed by atoms with Crippen molar-refractivity contribution in [3.05, 3.63) is 0 Å². The molecule has 0 fully saturated rings. The molecule has 0 N–H and O–H groups in total. The van der Waals surface area contributed by atoms with Crippen molar-refractivity contribution < 1.29 is 0 Å². The molecule has 0 radical (unpaired) electrons. The maximum atomic E-state index is 2.19. The molecule has 0 rings (SSSR count). The van der Waals surface area contributed by atoms with E-state index in [0.717, 1.165) is 0 Å². The van der Waals surface area contributed by atoms with Gasteiger partial charge >= 0.3 is 0 Å². The summed E-state index contributed by atoms with van der Waals surface area (Å²) in [5.74, 6) is 0. The zero-order valence-corrected chi connectivity index (χ0v) is 9.28. The van der Waals surface area contributed by atoms with Crippen LogP contribution in [0.25, 0.3) is 0 Å². The van der Waals surface area contributed by atoms with Gasteiger partial charge < -0.3 is 0 Å². The van der Waals surface area contributed by atoms with Crippen molar-refractivity contribution in [2.24, 2.45) is 0 Å². The third-order valence-electron chi connectivity index (χ3n) is 0. The third-order valence-corrected chi connectivity index (χ3v) is 0. The van der Waals surface area contributed by atoms with Crippen LogP contribution in [0.4, 0.5) is 0 Å². The topological polar surface area (TPSA) is 0 Å². The highest BCUT2D eigenvalue weighted by Gasteiger charge is 1.41. The first-order valence-electron chi connectivity index (χ1n) is 1.41. The maximum absolute atomic E-state index is 2.19. The molecular formula is C2H10AlBrCl2. The van der Waals surface area contributed by atoms with Crippen molar-refractivity contribution in [2.45, 2.75) is 12.2 Å². The maximum Gasteiger partial charge on any atom is 0.211 e. The van der Waals surface area contributed by atoms with Crippen molar-refractivity contribution in [3.8, 4) is 0 Å². The van der Waals surface area contributed by atoms with E-state index >= 15 is 0 Å². The van der Waals surface area contributed by atoms with Crippen LogP contribution < -0.4 is 0 Å². The summed E-state index contributed by atoms with van der Waals surface area (Å²) in [6.45, 7) is 2.19. The van der Waals surface area contributed by atoms with Crippen molar-refractivity contribution in [3.63, 3.8) is 0 Å². The molecule has 0 aliphatic carbocycles. The van der Waals surface area contributed by atoms with Gasteiger partial charge in [0, 0.05) is 0 Å². The molecule has 0 saturated heterocycles. The average Bonchev–Trinajstić information content (AvgIpc) is 0.918. The van der Waals surface area contributed by atoms with E-state index in [1.165, 1.54) is 21.6 Å². The van der Waals surface area contributed by atoms with Gasteiger partial charge in [0.25, 0.3) is 0 Å². The Balaban J connectivity index is -0.00000000667. The minimum Gasteiger partial charge on any atom is -0.147 e. The second-order valence-electron chi connectivity index (χ2n) is 0.707. The summed E-state index contributed by atoms with van der Waals surface area (Å²) >= 11 is 1.37. The quantitative estimate of drug-likeness (QED) is 0.533. The molecule has 0 atom stereocenters. The van der Waals surface area contributed by atoms with Crippen LogP contribution >= 0.6 is 41.8 Å². The highest BCUT2D eigenvalue weighted by atomic mass is 79.9. The zero-order chi connectivity index (χ0) is 2.71. The van der Waals surface area contributed by atoms with Crippen LogP contribution in [0.3, 0.4) is 0 Å². The first-order valence-corrected chi connectivity index (χ1v) is 2.83. The number of hydrogen-bond donors (Lipinski definition) is 0. The van der Waals surface area contributed by atoms with Crippen LogP contribution in [-0.4, -0.2) is 16.3 Å². The number of halogens is 3. The second kappa shape index (κ2) is 30.7. The van der Waals surface area contributed by atoms with E-state index in [-0.39, 0.29) is 41.8 Å². The van der Waals surface area contributed by atoms with Crippen molar-refractivity contribution in [1.82, 2.24) is 0 Å². The predicted molar refractivity (Wildman–Crippen MR) is 43.8 cm³/mol. The van der Waals surface area contributed by atoms with Gasteiger partial charge in [-0.2, -0.15) is 0 Å². The Hall–Kier alpha value is 1.59. The van der Waals surface area contributed by atoms with E-state index in [1.807, 2.05) is 0 Å². The van der Waals surface area contributed by atoms with E-state index in [0.29, 0.717) is 0 Å². The molecule has 0 aliphatic rings. The van der Waals surface area contributed by atoms with Gasteiger partial charge in [-0.25, -0.2) is 0 Å². The van der Waals surface area contributed by atoms with Gasteiger partial charge in [-0.05, 0) is 0 Å². The molecule has 0 aromatic heterocycles. The lowest BCUT2D eigenvalue weighted by atomic mass is 11.0. The average molecular weight is 212 g/mol. The summed E-state index contributed by atoms with van der Waals surface area (Å²) in [7, 11) is 0. The fourth-order valence-electron chi connectivity index (χ4n) is 0. The number of hydrogen-bond acceptors (Lipinski definition) is 0. The minimum absolute atomic E-state index is 0. The van der Waals surface area contributed by atoms with E-state index in [1.54, 1.807) is 0 Å². The molecule has 0 amide bonds.